The molecule has 2 amide bonds. The third kappa shape index (κ3) is 4.99. The maximum atomic E-state index is 15.5. The van der Waals surface area contributed by atoms with Crippen molar-refractivity contribution in [3.05, 3.63) is 82.3 Å². The highest BCUT2D eigenvalue weighted by molar-refractivity contribution is 6.10. The van der Waals surface area contributed by atoms with E-state index in [1.54, 1.807) is 6.07 Å². The second-order valence-corrected chi connectivity index (χ2v) is 11.5. The predicted molar refractivity (Wildman–Crippen MR) is 151 cm³/mol. The summed E-state index contributed by atoms with van der Waals surface area (Å²) >= 11 is 0. The maximum absolute atomic E-state index is 15.5. The number of alkyl halides is 3. The number of nitrogens with zero attached hydrogens (tertiary/aromatic N) is 5. The number of hydrogen-bond acceptors (Lipinski definition) is 5. The number of carbonyl (C=O) groups is 2. The number of carbonyl (C=O) groups excluding carboxylic acids is 2. The van der Waals surface area contributed by atoms with Crippen molar-refractivity contribution in [3.63, 3.8) is 0 Å². The molecule has 2 aromatic carbocycles. The highest BCUT2D eigenvalue weighted by atomic mass is 19.4. The number of fused-ring (bicyclic) bond motifs is 3. The summed E-state index contributed by atoms with van der Waals surface area (Å²) in [5.41, 5.74) is 3.17. The van der Waals surface area contributed by atoms with Gasteiger partial charge in [-0.2, -0.15) is 13.2 Å². The standard InChI is InChI=1S/C31H31F4N5O2/c1-18-11-23(31(33,34)35)14-26(36-18)40-27(41)13-22-17-39(15-19-7-8-21-16-37(2)10-9-20(21)12-19)29-24(32)5-4-6-25(29)38(3)30(42)28(22)40/h4-8,11-12,14,22,28H,9-10,13,15-17H2,1-3H3/t22-,28+/m1/s1. The average Bonchev–Trinajstić information content (AvgIpc) is 3.25. The Kier molecular flexibility index (Phi) is 6.95. The number of aryl methyl sites for hydroxylation is 1. The van der Waals surface area contributed by atoms with Crippen LogP contribution < -0.4 is 14.7 Å². The zero-order valence-electron chi connectivity index (χ0n) is 23.6. The topological polar surface area (TPSA) is 60.0 Å². The van der Waals surface area contributed by atoms with Crippen molar-refractivity contribution >= 4 is 29.0 Å². The number of rotatable bonds is 3. The van der Waals surface area contributed by atoms with Crippen LogP contribution >= 0.6 is 0 Å². The van der Waals surface area contributed by atoms with Crippen molar-refractivity contribution in [2.45, 2.75) is 45.1 Å². The van der Waals surface area contributed by atoms with Crippen LogP contribution in [0.1, 0.15) is 34.4 Å². The van der Waals surface area contributed by atoms with Crippen molar-refractivity contribution in [2.75, 3.05) is 41.9 Å². The first-order chi connectivity index (χ1) is 19.9. The molecule has 4 heterocycles. The number of likely N-dealkylation sites (N-methyl/N-ethyl adjacent to an activating group) is 2. The first-order valence-corrected chi connectivity index (χ1v) is 13.9. The molecule has 220 valence electrons. The summed E-state index contributed by atoms with van der Waals surface area (Å²) in [6, 6.07) is 11.4. The molecule has 0 aliphatic carbocycles. The van der Waals surface area contributed by atoms with Gasteiger partial charge in [0.25, 0.3) is 0 Å². The third-order valence-electron chi connectivity index (χ3n) is 8.47. The van der Waals surface area contributed by atoms with Crippen molar-refractivity contribution in [1.29, 1.82) is 0 Å². The third-order valence-corrected chi connectivity index (χ3v) is 8.47. The number of pyridine rings is 1. The van der Waals surface area contributed by atoms with Gasteiger partial charge in [-0.05, 0) is 61.3 Å². The summed E-state index contributed by atoms with van der Waals surface area (Å²) in [6.45, 7) is 3.69. The molecule has 7 nitrogen and oxygen atoms in total. The normalized spacial score (nSPS) is 21.2. The summed E-state index contributed by atoms with van der Waals surface area (Å²) in [4.78, 5) is 38.1. The van der Waals surface area contributed by atoms with E-state index >= 15 is 4.39 Å². The molecule has 11 heteroatoms. The van der Waals surface area contributed by atoms with Gasteiger partial charge < -0.3 is 14.7 Å². The van der Waals surface area contributed by atoms with Gasteiger partial charge in [0.15, 0.2) is 0 Å². The van der Waals surface area contributed by atoms with E-state index in [-0.39, 0.29) is 30.2 Å². The molecular formula is C31H31F4N5O2. The number of benzene rings is 2. The molecule has 0 N–H and O–H groups in total. The number of amides is 2. The van der Waals surface area contributed by atoms with Gasteiger partial charge in [-0.3, -0.25) is 14.5 Å². The smallest absolute Gasteiger partial charge is 0.363 e. The van der Waals surface area contributed by atoms with Crippen LogP contribution in [0.25, 0.3) is 0 Å². The molecule has 1 aromatic heterocycles. The minimum atomic E-state index is -4.65. The molecule has 42 heavy (non-hydrogen) atoms. The fourth-order valence-electron chi connectivity index (χ4n) is 6.47. The van der Waals surface area contributed by atoms with Gasteiger partial charge in [0.05, 0.1) is 16.9 Å². The Morgan fingerprint density at radius 3 is 2.57 bits per heavy atom. The van der Waals surface area contributed by atoms with Crippen molar-refractivity contribution in [1.82, 2.24) is 9.88 Å². The van der Waals surface area contributed by atoms with Crippen LogP contribution in [0.4, 0.5) is 34.8 Å². The minimum Gasteiger partial charge on any atom is -0.363 e. The first kappa shape index (κ1) is 28.1. The first-order valence-electron chi connectivity index (χ1n) is 13.9. The van der Waals surface area contributed by atoms with Crippen LogP contribution in [0.2, 0.25) is 0 Å². The fraction of sp³-hybridized carbons (Fsp3) is 0.387. The molecule has 0 unspecified atom stereocenters. The predicted octanol–water partition coefficient (Wildman–Crippen LogP) is 4.94. The Hall–Kier alpha value is -3.99. The van der Waals surface area contributed by atoms with Crippen LogP contribution in [0.5, 0.6) is 0 Å². The van der Waals surface area contributed by atoms with Gasteiger partial charge in [-0.15, -0.1) is 0 Å². The highest BCUT2D eigenvalue weighted by Gasteiger charge is 2.49. The summed E-state index contributed by atoms with van der Waals surface area (Å²) in [5.74, 6) is -2.33. The van der Waals surface area contributed by atoms with Gasteiger partial charge in [-0.1, -0.05) is 24.3 Å². The van der Waals surface area contributed by atoms with Crippen LogP contribution in [-0.2, 0) is 35.3 Å². The summed E-state index contributed by atoms with van der Waals surface area (Å²) in [5, 5.41) is 0. The van der Waals surface area contributed by atoms with Crippen LogP contribution in [0.15, 0.2) is 48.5 Å². The van der Waals surface area contributed by atoms with Gasteiger partial charge in [0.2, 0.25) is 11.8 Å². The quantitative estimate of drug-likeness (QED) is 0.411. The van der Waals surface area contributed by atoms with Crippen LogP contribution in [0.3, 0.4) is 0 Å². The molecule has 6 rings (SSSR count). The zero-order chi connectivity index (χ0) is 29.9. The molecule has 0 radical (unpaired) electrons. The van der Waals surface area contributed by atoms with Crippen LogP contribution in [0, 0.1) is 18.7 Å². The zero-order valence-corrected chi connectivity index (χ0v) is 23.6. The number of para-hydroxylation sites is 1. The lowest BCUT2D eigenvalue weighted by atomic mass is 9.94. The Morgan fingerprint density at radius 2 is 1.81 bits per heavy atom. The molecule has 2 atom stereocenters. The lowest BCUT2D eigenvalue weighted by molar-refractivity contribution is -0.137. The molecule has 3 aromatic rings. The van der Waals surface area contributed by atoms with E-state index in [9.17, 15) is 22.8 Å². The second kappa shape index (κ2) is 10.4. The van der Waals surface area contributed by atoms with Crippen LogP contribution in [-0.4, -0.2) is 54.9 Å². The molecule has 3 aliphatic rings. The molecule has 0 spiro atoms. The summed E-state index contributed by atoms with van der Waals surface area (Å²) < 4.78 is 56.5. The van der Waals surface area contributed by atoms with E-state index in [1.807, 2.05) is 11.0 Å². The van der Waals surface area contributed by atoms with Gasteiger partial charge in [0.1, 0.15) is 17.7 Å². The van der Waals surface area contributed by atoms with E-state index in [2.05, 4.69) is 29.1 Å². The Labute approximate surface area is 241 Å². The minimum absolute atomic E-state index is 0.0790. The lowest BCUT2D eigenvalue weighted by Crippen LogP contribution is -2.52. The summed E-state index contributed by atoms with van der Waals surface area (Å²) in [6.07, 6.45) is -3.83. The van der Waals surface area contributed by atoms with Crippen molar-refractivity contribution in [2.24, 2.45) is 5.92 Å². The van der Waals surface area contributed by atoms with E-state index < -0.39 is 41.3 Å². The van der Waals surface area contributed by atoms with E-state index in [1.165, 1.54) is 42.1 Å². The molecule has 1 saturated heterocycles. The fourth-order valence-corrected chi connectivity index (χ4v) is 6.47. The maximum Gasteiger partial charge on any atom is 0.416 e. The SMILES string of the molecule is Cc1cc(C(F)(F)F)cc(N2C(=O)C[C@@H]3CN(Cc4ccc5c(c4)CCN(C)C5)c4c(F)cccc4N(C)C(=O)[C@H]32)n1. The Bertz CT molecular complexity index is 1580. The molecule has 1 fully saturated rings. The molecule has 0 bridgehead atoms. The number of halogens is 4. The Balaban J connectivity index is 1.41. The summed E-state index contributed by atoms with van der Waals surface area (Å²) in [7, 11) is 3.58. The van der Waals surface area contributed by atoms with E-state index in [0.29, 0.717) is 12.2 Å². The second-order valence-electron chi connectivity index (χ2n) is 11.5. The number of hydrogen-bond donors (Lipinski definition) is 0. The van der Waals surface area contributed by atoms with E-state index in [0.717, 1.165) is 42.1 Å². The Morgan fingerprint density at radius 1 is 1.02 bits per heavy atom. The number of aromatic nitrogens is 1. The molecular weight excluding hydrogens is 550 g/mol. The van der Waals surface area contributed by atoms with Crippen molar-refractivity contribution < 1.29 is 27.2 Å². The number of anilines is 3. The molecule has 0 saturated carbocycles. The monoisotopic (exact) mass is 581 g/mol. The van der Waals surface area contributed by atoms with E-state index in [4.69, 9.17) is 0 Å². The van der Waals surface area contributed by atoms with Gasteiger partial charge in [0, 0.05) is 51.3 Å². The van der Waals surface area contributed by atoms with Gasteiger partial charge >= 0.3 is 6.18 Å². The van der Waals surface area contributed by atoms with Gasteiger partial charge in [-0.25, -0.2) is 9.37 Å². The largest absolute Gasteiger partial charge is 0.416 e. The average molecular weight is 582 g/mol. The highest BCUT2D eigenvalue weighted by Crippen LogP contribution is 2.42. The lowest BCUT2D eigenvalue weighted by Gasteiger charge is -2.39. The molecule has 3 aliphatic heterocycles. The van der Waals surface area contributed by atoms with Crippen molar-refractivity contribution in [3.8, 4) is 0 Å².